The van der Waals surface area contributed by atoms with Gasteiger partial charge in [-0.2, -0.15) is 0 Å². The van der Waals surface area contributed by atoms with Crippen LogP contribution in [0.5, 0.6) is 0 Å². The van der Waals surface area contributed by atoms with Gasteiger partial charge in [0.05, 0.1) is 6.42 Å². The molecule has 0 amide bonds. The molecule has 0 radical (unpaired) electrons. The molecule has 0 aliphatic rings. The van der Waals surface area contributed by atoms with Crippen molar-refractivity contribution in [2.24, 2.45) is 0 Å². The van der Waals surface area contributed by atoms with Crippen molar-refractivity contribution in [1.82, 2.24) is 0 Å². The summed E-state index contributed by atoms with van der Waals surface area (Å²) in [6.45, 7) is 5.97. The molecule has 0 aromatic rings. The zero-order valence-corrected chi connectivity index (χ0v) is 17.7. The normalized spacial score (nSPS) is 11.7. The Balaban J connectivity index is 0. The van der Waals surface area contributed by atoms with E-state index in [0.717, 1.165) is 25.7 Å². The van der Waals surface area contributed by atoms with Gasteiger partial charge >= 0.3 is 23.9 Å². The number of ether oxygens (including phenoxy) is 1. The fraction of sp³-hybridized carbons (Fsp3) is 0.800. The topological polar surface area (TPSA) is 158 Å². The second-order valence-electron chi connectivity index (χ2n) is 6.88. The highest BCUT2D eigenvalue weighted by Crippen LogP contribution is 2.28. The number of carbonyl (C=O) groups excluding carboxylic acids is 1. The number of aliphatic carboxylic acids is 3. The quantitative estimate of drug-likeness (QED) is 0.230. The van der Waals surface area contributed by atoms with Gasteiger partial charge < -0.3 is 25.2 Å². The first-order valence-corrected chi connectivity index (χ1v) is 10.1. The van der Waals surface area contributed by atoms with Crippen molar-refractivity contribution < 1.29 is 44.3 Å². The van der Waals surface area contributed by atoms with E-state index in [-0.39, 0.29) is 12.8 Å². The summed E-state index contributed by atoms with van der Waals surface area (Å²) in [6.07, 6.45) is 4.01. The average molecular weight is 420 g/mol. The predicted octanol–water partition coefficient (Wildman–Crippen LogP) is 3.22. The van der Waals surface area contributed by atoms with E-state index < -0.39 is 42.0 Å². The van der Waals surface area contributed by atoms with Gasteiger partial charge in [0, 0.05) is 12.8 Å². The molecule has 0 aromatic carbocycles. The summed E-state index contributed by atoms with van der Waals surface area (Å²) in [7, 11) is 0. The van der Waals surface area contributed by atoms with E-state index >= 15 is 0 Å². The number of hydrogen-bond donors (Lipinski definition) is 4. The number of esters is 1. The monoisotopic (exact) mass is 420 g/mol. The predicted molar refractivity (Wildman–Crippen MR) is 106 cm³/mol. The fourth-order valence-corrected chi connectivity index (χ4v) is 2.58. The Morgan fingerprint density at radius 2 is 1.28 bits per heavy atom. The number of aliphatic hydroxyl groups excluding tert-OH is 1. The van der Waals surface area contributed by atoms with Crippen LogP contribution in [0.2, 0.25) is 0 Å². The number of aliphatic hydroxyl groups is 1. The molecule has 9 heteroatoms. The summed E-state index contributed by atoms with van der Waals surface area (Å²) in [5, 5.41) is 34.3. The van der Waals surface area contributed by atoms with Crippen LogP contribution in [0.3, 0.4) is 0 Å². The molecule has 29 heavy (non-hydrogen) atoms. The van der Waals surface area contributed by atoms with E-state index in [9.17, 15) is 24.3 Å². The molecule has 0 spiro atoms. The lowest BCUT2D eigenvalue weighted by Crippen LogP contribution is -2.38. The van der Waals surface area contributed by atoms with Gasteiger partial charge in [0.25, 0.3) is 0 Å². The van der Waals surface area contributed by atoms with Crippen LogP contribution in [0.15, 0.2) is 0 Å². The summed E-state index contributed by atoms with van der Waals surface area (Å²) in [4.78, 5) is 42.0. The number of unbranched alkanes of at least 4 members (excludes halogenated alkanes) is 3. The van der Waals surface area contributed by atoms with Gasteiger partial charge in [0.15, 0.2) is 6.10 Å². The van der Waals surface area contributed by atoms with Crippen molar-refractivity contribution in [2.75, 3.05) is 0 Å². The lowest BCUT2D eigenvalue weighted by atomic mass is 9.90. The minimum Gasteiger partial charge on any atom is -0.481 e. The largest absolute Gasteiger partial charge is 0.481 e. The smallest absolute Gasteiger partial charge is 0.336 e. The van der Waals surface area contributed by atoms with Crippen molar-refractivity contribution in [3.05, 3.63) is 0 Å². The van der Waals surface area contributed by atoms with E-state index in [4.69, 9.17) is 20.1 Å². The zero-order chi connectivity index (χ0) is 22.9. The van der Waals surface area contributed by atoms with Crippen LogP contribution >= 0.6 is 0 Å². The molecule has 0 heterocycles. The number of carbonyl (C=O) groups is 4. The van der Waals surface area contributed by atoms with Gasteiger partial charge in [-0.3, -0.25) is 14.4 Å². The molecule has 0 saturated carbocycles. The van der Waals surface area contributed by atoms with Crippen molar-refractivity contribution in [2.45, 2.75) is 103 Å². The van der Waals surface area contributed by atoms with E-state index in [1.54, 1.807) is 0 Å². The molecule has 9 nitrogen and oxygen atoms in total. The van der Waals surface area contributed by atoms with E-state index in [0.29, 0.717) is 25.7 Å². The minimum absolute atomic E-state index is 0.0628. The van der Waals surface area contributed by atoms with E-state index in [2.05, 4.69) is 6.92 Å². The lowest BCUT2D eigenvalue weighted by Gasteiger charge is -2.32. The molecule has 1 unspecified atom stereocenters. The molecule has 0 bridgehead atoms. The van der Waals surface area contributed by atoms with Gasteiger partial charge in [-0.25, -0.2) is 4.79 Å². The Labute approximate surface area is 172 Å². The second-order valence-corrected chi connectivity index (χ2v) is 6.88. The first-order chi connectivity index (χ1) is 13.5. The molecule has 0 aromatic heterocycles. The van der Waals surface area contributed by atoms with E-state index in [1.807, 2.05) is 13.8 Å². The van der Waals surface area contributed by atoms with Gasteiger partial charge in [-0.1, -0.05) is 33.6 Å². The number of rotatable bonds is 15. The summed E-state index contributed by atoms with van der Waals surface area (Å²) in [5.74, 6) is -3.78. The molecule has 0 rings (SSSR count). The third-order valence-corrected chi connectivity index (χ3v) is 4.51. The SMILES string of the molecule is CCCCCC(CC)(CC)OC(=O)C(O)CC(=O)O.O=C(O)CCCCC(=O)O. The zero-order valence-electron chi connectivity index (χ0n) is 17.7. The molecule has 0 saturated heterocycles. The fourth-order valence-electron chi connectivity index (χ4n) is 2.58. The Bertz CT molecular complexity index is 482. The lowest BCUT2D eigenvalue weighted by molar-refractivity contribution is -0.174. The van der Waals surface area contributed by atoms with Crippen molar-refractivity contribution >= 4 is 23.9 Å². The van der Waals surface area contributed by atoms with Crippen LogP contribution in [0.4, 0.5) is 0 Å². The molecular weight excluding hydrogens is 384 g/mol. The molecule has 0 aliphatic carbocycles. The number of hydrogen-bond acceptors (Lipinski definition) is 6. The Kier molecular flexibility index (Phi) is 16.8. The van der Waals surface area contributed by atoms with Crippen molar-refractivity contribution in [3.8, 4) is 0 Å². The van der Waals surface area contributed by atoms with Crippen LogP contribution in [0, 0.1) is 0 Å². The van der Waals surface area contributed by atoms with Gasteiger partial charge in [0.1, 0.15) is 5.60 Å². The maximum Gasteiger partial charge on any atom is 0.336 e. The first kappa shape index (κ1) is 29.0. The average Bonchev–Trinajstić information content (AvgIpc) is 2.64. The molecular formula is C20H36O9. The third kappa shape index (κ3) is 16.5. The van der Waals surface area contributed by atoms with E-state index in [1.165, 1.54) is 0 Å². The summed E-state index contributed by atoms with van der Waals surface area (Å²) >= 11 is 0. The highest BCUT2D eigenvalue weighted by molar-refractivity contribution is 5.81. The minimum atomic E-state index is -1.58. The summed E-state index contributed by atoms with van der Waals surface area (Å²) in [6, 6.07) is 0. The Morgan fingerprint density at radius 3 is 1.62 bits per heavy atom. The maximum atomic E-state index is 11.7. The Hall–Kier alpha value is -2.16. The van der Waals surface area contributed by atoms with Crippen LogP contribution in [-0.2, 0) is 23.9 Å². The molecule has 1 atom stereocenters. The second kappa shape index (κ2) is 16.8. The summed E-state index contributed by atoms with van der Waals surface area (Å²) in [5.41, 5.74) is -0.578. The molecule has 0 fully saturated rings. The van der Waals surface area contributed by atoms with Crippen molar-refractivity contribution in [1.29, 1.82) is 0 Å². The molecule has 4 N–H and O–H groups in total. The van der Waals surface area contributed by atoms with Crippen LogP contribution in [0.1, 0.15) is 91.4 Å². The maximum absolute atomic E-state index is 11.7. The molecule has 170 valence electrons. The number of carboxylic acid groups (broad SMARTS) is 3. The van der Waals surface area contributed by atoms with Gasteiger partial charge in [-0.15, -0.1) is 0 Å². The Morgan fingerprint density at radius 1 is 0.793 bits per heavy atom. The van der Waals surface area contributed by atoms with Gasteiger partial charge in [-0.05, 0) is 38.5 Å². The standard InChI is InChI=1S/C14H26O5.C6H10O4/c1-4-7-8-9-14(5-2,6-3)19-13(18)11(15)10-12(16)17;7-5(8)3-1-2-4-6(9)10/h11,15H,4-10H2,1-3H3,(H,16,17);1-4H2,(H,7,8)(H,9,10). The van der Waals surface area contributed by atoms with Gasteiger partial charge in [0.2, 0.25) is 0 Å². The van der Waals surface area contributed by atoms with Crippen LogP contribution < -0.4 is 0 Å². The first-order valence-electron chi connectivity index (χ1n) is 10.1. The number of carboxylic acids is 3. The van der Waals surface area contributed by atoms with Crippen LogP contribution in [-0.4, -0.2) is 56.0 Å². The summed E-state index contributed by atoms with van der Waals surface area (Å²) < 4.78 is 5.39. The molecule has 0 aliphatic heterocycles. The third-order valence-electron chi connectivity index (χ3n) is 4.51. The van der Waals surface area contributed by atoms with Crippen molar-refractivity contribution in [3.63, 3.8) is 0 Å². The van der Waals surface area contributed by atoms with Crippen LogP contribution in [0.25, 0.3) is 0 Å². The highest BCUT2D eigenvalue weighted by atomic mass is 16.6. The highest BCUT2D eigenvalue weighted by Gasteiger charge is 2.33.